The zero-order chi connectivity index (χ0) is 23.1. The number of ether oxygens (including phenoxy) is 1. The maximum Gasteiger partial charge on any atom is 0.421 e. The maximum absolute atomic E-state index is 13.4. The van der Waals surface area contributed by atoms with Gasteiger partial charge in [-0.1, -0.05) is 12.1 Å². The van der Waals surface area contributed by atoms with Gasteiger partial charge in [-0.3, -0.25) is 4.79 Å². The number of phenols is 1. The van der Waals surface area contributed by atoms with Crippen LogP contribution in [0, 0.1) is 0 Å². The molecule has 168 valence electrons. The van der Waals surface area contributed by atoms with Crippen LogP contribution in [0.4, 0.5) is 42.0 Å². The van der Waals surface area contributed by atoms with Gasteiger partial charge < -0.3 is 25.8 Å². The second kappa shape index (κ2) is 9.86. The van der Waals surface area contributed by atoms with Crippen molar-refractivity contribution in [2.75, 3.05) is 29.1 Å². The zero-order valence-corrected chi connectivity index (χ0v) is 16.9. The van der Waals surface area contributed by atoms with Crippen molar-refractivity contribution in [3.8, 4) is 5.75 Å². The van der Waals surface area contributed by atoms with Crippen molar-refractivity contribution in [1.82, 2.24) is 9.97 Å². The first-order valence-corrected chi connectivity index (χ1v) is 9.51. The summed E-state index contributed by atoms with van der Waals surface area (Å²) in [5.74, 6) is -1.08. The Morgan fingerprint density at radius 1 is 1.06 bits per heavy atom. The van der Waals surface area contributed by atoms with Crippen molar-refractivity contribution in [3.05, 3.63) is 60.3 Å². The Bertz CT molecular complexity index is 1090. The fourth-order valence-electron chi connectivity index (χ4n) is 2.69. The highest BCUT2D eigenvalue weighted by molar-refractivity contribution is 5.75. The predicted octanol–water partition coefficient (Wildman–Crippen LogP) is 4.66. The molecule has 2 aromatic carbocycles. The van der Waals surface area contributed by atoms with E-state index in [-0.39, 0.29) is 30.5 Å². The molecule has 0 saturated heterocycles. The number of esters is 1. The zero-order valence-electron chi connectivity index (χ0n) is 16.9. The van der Waals surface area contributed by atoms with Crippen molar-refractivity contribution >= 4 is 34.8 Å². The van der Waals surface area contributed by atoms with Crippen LogP contribution in [-0.4, -0.2) is 34.2 Å². The van der Waals surface area contributed by atoms with Crippen LogP contribution in [0.15, 0.2) is 54.7 Å². The van der Waals surface area contributed by atoms with Gasteiger partial charge in [0.2, 0.25) is 5.95 Å². The summed E-state index contributed by atoms with van der Waals surface area (Å²) in [6.07, 6.45) is -4.02. The molecule has 0 amide bonds. The van der Waals surface area contributed by atoms with Gasteiger partial charge in [-0.25, -0.2) is 4.98 Å². The van der Waals surface area contributed by atoms with Gasteiger partial charge in [0.15, 0.2) is 0 Å². The Morgan fingerprint density at radius 3 is 2.44 bits per heavy atom. The van der Waals surface area contributed by atoms with Crippen molar-refractivity contribution < 1.29 is 27.8 Å². The van der Waals surface area contributed by atoms with Gasteiger partial charge in [0.25, 0.3) is 0 Å². The number of carbonyl (C=O) groups excluding carboxylic acids is 1. The first-order valence-electron chi connectivity index (χ1n) is 9.51. The Hall–Kier alpha value is -4.02. The topological polar surface area (TPSA) is 108 Å². The number of rotatable bonds is 8. The largest absolute Gasteiger partial charge is 0.508 e. The van der Waals surface area contributed by atoms with Crippen molar-refractivity contribution in [3.63, 3.8) is 0 Å². The Balaban J connectivity index is 1.81. The Kier molecular flexibility index (Phi) is 6.98. The second-order valence-corrected chi connectivity index (χ2v) is 6.49. The smallest absolute Gasteiger partial charge is 0.421 e. The number of aromatic hydroxyl groups is 1. The Labute approximate surface area is 181 Å². The minimum absolute atomic E-state index is 0.0357. The molecule has 4 N–H and O–H groups in total. The highest BCUT2D eigenvalue weighted by Crippen LogP contribution is 2.35. The molecule has 1 heterocycles. The number of hydrogen-bond acceptors (Lipinski definition) is 8. The van der Waals surface area contributed by atoms with Crippen LogP contribution in [0.3, 0.4) is 0 Å². The normalized spacial score (nSPS) is 11.0. The summed E-state index contributed by atoms with van der Waals surface area (Å²) in [6.45, 7) is 1.94. The molecule has 0 atom stereocenters. The maximum atomic E-state index is 13.4. The van der Waals surface area contributed by atoms with E-state index in [0.717, 1.165) is 0 Å². The summed E-state index contributed by atoms with van der Waals surface area (Å²) in [6, 6.07) is 12.4. The third kappa shape index (κ3) is 6.24. The number of anilines is 5. The van der Waals surface area contributed by atoms with Crippen LogP contribution in [0.1, 0.15) is 12.5 Å². The van der Waals surface area contributed by atoms with E-state index in [2.05, 4.69) is 25.9 Å². The van der Waals surface area contributed by atoms with Gasteiger partial charge in [0.05, 0.1) is 6.61 Å². The van der Waals surface area contributed by atoms with Crippen LogP contribution < -0.4 is 16.0 Å². The molecule has 11 heteroatoms. The molecule has 0 unspecified atom stereocenters. The number of benzene rings is 2. The number of phenolic OH excluding ortho intramolecular Hbond substituents is 1. The van der Waals surface area contributed by atoms with Crippen LogP contribution in [0.2, 0.25) is 0 Å². The molecule has 0 spiro atoms. The summed E-state index contributed by atoms with van der Waals surface area (Å²) < 4.78 is 45.1. The van der Waals surface area contributed by atoms with E-state index in [1.807, 2.05) is 0 Å². The number of alkyl halides is 3. The third-order valence-electron chi connectivity index (χ3n) is 4.06. The van der Waals surface area contributed by atoms with Crippen LogP contribution in [0.5, 0.6) is 5.75 Å². The van der Waals surface area contributed by atoms with E-state index in [1.54, 1.807) is 31.2 Å². The van der Waals surface area contributed by atoms with E-state index in [4.69, 9.17) is 4.74 Å². The molecule has 8 nitrogen and oxygen atoms in total. The quantitative estimate of drug-likeness (QED) is 0.369. The fraction of sp³-hybridized carbons (Fsp3) is 0.190. The lowest BCUT2D eigenvalue weighted by Crippen LogP contribution is -2.16. The molecule has 1 aromatic heterocycles. The molecule has 0 aliphatic heterocycles. The summed E-state index contributed by atoms with van der Waals surface area (Å²) in [5.41, 5.74) is 0.247. The summed E-state index contributed by atoms with van der Waals surface area (Å²) in [5, 5.41) is 17.9. The molecule has 32 heavy (non-hydrogen) atoms. The predicted molar refractivity (Wildman–Crippen MR) is 113 cm³/mol. The van der Waals surface area contributed by atoms with Gasteiger partial charge in [0.1, 0.15) is 23.7 Å². The molecule has 0 fully saturated rings. The highest BCUT2D eigenvalue weighted by Gasteiger charge is 2.35. The van der Waals surface area contributed by atoms with E-state index in [1.165, 1.54) is 24.3 Å². The first-order chi connectivity index (χ1) is 15.2. The lowest BCUT2D eigenvalue weighted by atomic mass is 10.2. The molecule has 3 aromatic rings. The molecule has 3 rings (SSSR count). The van der Waals surface area contributed by atoms with Crippen LogP contribution >= 0.6 is 0 Å². The van der Waals surface area contributed by atoms with Gasteiger partial charge in [-0.2, -0.15) is 18.2 Å². The molecule has 0 bridgehead atoms. The van der Waals surface area contributed by atoms with Gasteiger partial charge in [0, 0.05) is 29.3 Å². The average Bonchev–Trinajstić information content (AvgIpc) is 2.72. The van der Waals surface area contributed by atoms with Crippen LogP contribution in [0.25, 0.3) is 0 Å². The second-order valence-electron chi connectivity index (χ2n) is 6.49. The summed E-state index contributed by atoms with van der Waals surface area (Å²) in [7, 11) is 0. The lowest BCUT2D eigenvalue weighted by Gasteiger charge is -2.15. The van der Waals surface area contributed by atoms with Crippen molar-refractivity contribution in [2.24, 2.45) is 0 Å². The molecule has 0 radical (unpaired) electrons. The summed E-state index contributed by atoms with van der Waals surface area (Å²) in [4.78, 5) is 19.2. The average molecular weight is 447 g/mol. The minimum atomic E-state index is -4.69. The molecular formula is C21H20F3N5O3. The number of halogens is 3. The lowest BCUT2D eigenvalue weighted by molar-refractivity contribution is -0.141. The standard InChI is InChI=1S/C21H20F3N5O3/c1-2-32-18(31)12-25-13-5-3-6-14(9-13)28-20-26-11-17(21(22,23)24)19(29-20)27-15-7-4-8-16(30)10-15/h3-11,25,30H,2,12H2,1H3,(H2,26,27,28,29). The van der Waals surface area contributed by atoms with Gasteiger partial charge in [-0.05, 0) is 37.3 Å². The van der Waals surface area contributed by atoms with E-state index >= 15 is 0 Å². The van der Waals surface area contributed by atoms with Crippen molar-refractivity contribution in [2.45, 2.75) is 13.1 Å². The molecule has 0 aliphatic rings. The highest BCUT2D eigenvalue weighted by atomic mass is 19.4. The van der Waals surface area contributed by atoms with Crippen molar-refractivity contribution in [1.29, 1.82) is 0 Å². The summed E-state index contributed by atoms with van der Waals surface area (Å²) >= 11 is 0. The molecule has 0 aliphatic carbocycles. The minimum Gasteiger partial charge on any atom is -0.508 e. The first kappa shape index (κ1) is 22.7. The monoisotopic (exact) mass is 447 g/mol. The number of carbonyl (C=O) groups is 1. The SMILES string of the molecule is CCOC(=O)CNc1cccc(Nc2ncc(C(F)(F)F)c(Nc3cccc(O)c3)n2)c1. The fourth-order valence-corrected chi connectivity index (χ4v) is 2.69. The van der Waals surface area contributed by atoms with E-state index in [0.29, 0.717) is 17.6 Å². The number of nitrogens with zero attached hydrogens (tertiary/aromatic N) is 2. The van der Waals surface area contributed by atoms with E-state index < -0.39 is 23.5 Å². The number of aromatic nitrogens is 2. The van der Waals surface area contributed by atoms with Gasteiger partial charge in [-0.15, -0.1) is 0 Å². The van der Waals surface area contributed by atoms with Gasteiger partial charge >= 0.3 is 12.1 Å². The van der Waals surface area contributed by atoms with E-state index in [9.17, 15) is 23.1 Å². The number of nitrogens with one attached hydrogen (secondary N) is 3. The molecular weight excluding hydrogens is 427 g/mol. The third-order valence-corrected chi connectivity index (χ3v) is 4.06. The number of hydrogen-bond donors (Lipinski definition) is 4. The molecule has 0 saturated carbocycles. The van der Waals surface area contributed by atoms with Crippen LogP contribution in [-0.2, 0) is 15.7 Å². The Morgan fingerprint density at radius 2 is 1.75 bits per heavy atom.